The molecule has 2 aliphatic rings. The molecule has 3 N–H and O–H groups in total. The molecule has 0 radical (unpaired) electrons. The number of likely N-dealkylation sites (tertiary alicyclic amines) is 1. The molecule has 8 nitrogen and oxygen atoms in total. The molecular formula is C23H24N2O6. The summed E-state index contributed by atoms with van der Waals surface area (Å²) in [4.78, 5) is 40.9. The van der Waals surface area contributed by atoms with Crippen LogP contribution in [0.5, 0.6) is 11.5 Å². The van der Waals surface area contributed by atoms with E-state index in [4.69, 9.17) is 4.74 Å². The van der Waals surface area contributed by atoms with E-state index in [1.807, 2.05) is 0 Å². The van der Waals surface area contributed by atoms with Crippen LogP contribution in [0, 0.1) is 11.8 Å². The average molecular weight is 424 g/mol. The van der Waals surface area contributed by atoms with Gasteiger partial charge in [0.25, 0.3) is 0 Å². The Balaban J connectivity index is 1.85. The summed E-state index contributed by atoms with van der Waals surface area (Å²) in [6.07, 6.45) is 0.103. The predicted molar refractivity (Wildman–Crippen MR) is 110 cm³/mol. The first-order chi connectivity index (χ1) is 14.8. The minimum absolute atomic E-state index is 0.0747. The van der Waals surface area contributed by atoms with Crippen LogP contribution in [0.1, 0.15) is 24.1 Å². The number of carbonyl (C=O) groups is 3. The quantitative estimate of drug-likeness (QED) is 0.492. The Morgan fingerprint density at radius 1 is 1.03 bits per heavy atom. The maximum Gasteiger partial charge on any atom is 0.327 e. The Hall–Kier alpha value is -3.39. The molecule has 4 atom stereocenters. The number of phenolic OH excluding ortho intramolecular Hbond substituents is 2. The van der Waals surface area contributed by atoms with Gasteiger partial charge in [-0.25, -0.2) is 0 Å². The van der Waals surface area contributed by atoms with Crippen molar-refractivity contribution in [3.63, 3.8) is 0 Å². The summed E-state index contributed by atoms with van der Waals surface area (Å²) < 4.78 is 5.12. The fraction of sp³-hybridized carbons (Fsp3) is 0.348. The number of carbonyl (C=O) groups excluding carboxylic acids is 3. The molecule has 2 amide bonds. The molecule has 2 heterocycles. The number of amides is 2. The zero-order valence-electron chi connectivity index (χ0n) is 17.2. The number of rotatable bonds is 5. The number of methoxy groups -OCH3 is 1. The van der Waals surface area contributed by atoms with Crippen LogP contribution in [0.3, 0.4) is 0 Å². The van der Waals surface area contributed by atoms with Gasteiger partial charge in [0.1, 0.15) is 17.0 Å². The van der Waals surface area contributed by atoms with Gasteiger partial charge in [-0.3, -0.25) is 24.6 Å². The van der Waals surface area contributed by atoms with Crippen molar-refractivity contribution in [3.8, 4) is 11.5 Å². The summed E-state index contributed by atoms with van der Waals surface area (Å²) in [5.74, 6) is -2.94. The summed E-state index contributed by atoms with van der Waals surface area (Å²) in [6.45, 7) is 1.93. The lowest BCUT2D eigenvalue weighted by atomic mass is 9.76. The van der Waals surface area contributed by atoms with Crippen LogP contribution in [0.2, 0.25) is 0 Å². The van der Waals surface area contributed by atoms with Crippen molar-refractivity contribution >= 4 is 17.8 Å². The highest BCUT2D eigenvalue weighted by Crippen LogP contribution is 2.50. The molecule has 2 aliphatic heterocycles. The van der Waals surface area contributed by atoms with E-state index in [0.717, 1.165) is 0 Å². The molecule has 2 aromatic carbocycles. The fourth-order valence-corrected chi connectivity index (χ4v) is 4.88. The standard InChI is InChI=1S/C23H24N2O6/c1-3-25-20(28)17-18(21(25)29)23(22(30)31-2,12-13-4-8-15(26)9-5-13)24-19(17)14-6-10-16(27)11-7-14/h4-11,17-19,24,26-27H,3,12H2,1-2H3/t17-,18+,19+,23-/m1/s1. The molecule has 0 unspecified atom stereocenters. The Morgan fingerprint density at radius 3 is 2.16 bits per heavy atom. The summed E-state index contributed by atoms with van der Waals surface area (Å²) in [7, 11) is 1.25. The van der Waals surface area contributed by atoms with Crippen LogP contribution in [-0.2, 0) is 25.5 Å². The molecule has 0 aliphatic carbocycles. The normalized spacial score (nSPS) is 27.4. The predicted octanol–water partition coefficient (Wildman–Crippen LogP) is 1.52. The van der Waals surface area contributed by atoms with Crippen molar-refractivity contribution in [2.75, 3.05) is 13.7 Å². The second kappa shape index (κ2) is 7.70. The van der Waals surface area contributed by atoms with E-state index in [2.05, 4.69) is 5.32 Å². The molecule has 2 saturated heterocycles. The van der Waals surface area contributed by atoms with E-state index < -0.39 is 35.3 Å². The van der Waals surface area contributed by atoms with E-state index in [-0.39, 0.29) is 30.4 Å². The molecule has 8 heteroatoms. The molecule has 31 heavy (non-hydrogen) atoms. The van der Waals surface area contributed by atoms with Crippen LogP contribution in [0.15, 0.2) is 48.5 Å². The zero-order valence-corrected chi connectivity index (χ0v) is 17.2. The van der Waals surface area contributed by atoms with Crippen LogP contribution >= 0.6 is 0 Å². The number of hydrogen-bond donors (Lipinski definition) is 3. The van der Waals surface area contributed by atoms with Crippen molar-refractivity contribution in [2.24, 2.45) is 11.8 Å². The lowest BCUT2D eigenvalue weighted by Crippen LogP contribution is -2.57. The van der Waals surface area contributed by atoms with Gasteiger partial charge in [0.05, 0.1) is 18.9 Å². The number of nitrogens with zero attached hydrogens (tertiary/aromatic N) is 1. The van der Waals surface area contributed by atoms with Gasteiger partial charge in [-0.2, -0.15) is 0 Å². The lowest BCUT2D eigenvalue weighted by molar-refractivity contribution is -0.154. The number of ether oxygens (including phenoxy) is 1. The van der Waals surface area contributed by atoms with Gasteiger partial charge >= 0.3 is 5.97 Å². The van der Waals surface area contributed by atoms with Gasteiger partial charge in [0.2, 0.25) is 11.8 Å². The Kier molecular flexibility index (Phi) is 5.18. The van der Waals surface area contributed by atoms with Crippen LogP contribution in [0.4, 0.5) is 0 Å². The summed E-state index contributed by atoms with van der Waals surface area (Å²) >= 11 is 0. The second-order valence-electron chi connectivity index (χ2n) is 7.94. The Morgan fingerprint density at radius 2 is 1.61 bits per heavy atom. The fourth-order valence-electron chi connectivity index (χ4n) is 4.88. The first-order valence-electron chi connectivity index (χ1n) is 10.1. The van der Waals surface area contributed by atoms with Crippen molar-refractivity contribution in [3.05, 3.63) is 59.7 Å². The summed E-state index contributed by atoms with van der Waals surface area (Å²) in [5.41, 5.74) is -0.0744. The number of fused-ring (bicyclic) bond motifs is 1. The number of phenols is 2. The van der Waals surface area contributed by atoms with Gasteiger partial charge in [0, 0.05) is 19.0 Å². The maximum absolute atomic E-state index is 13.3. The largest absolute Gasteiger partial charge is 0.508 e. The number of imide groups is 1. The number of nitrogens with one attached hydrogen (secondary N) is 1. The summed E-state index contributed by atoms with van der Waals surface area (Å²) in [6, 6.07) is 12.1. The van der Waals surface area contributed by atoms with Crippen LogP contribution in [-0.4, -0.2) is 52.1 Å². The third-order valence-corrected chi connectivity index (χ3v) is 6.28. The molecule has 0 saturated carbocycles. The van der Waals surface area contributed by atoms with Gasteiger partial charge in [0.15, 0.2) is 0 Å². The number of benzene rings is 2. The summed E-state index contributed by atoms with van der Waals surface area (Å²) in [5, 5.41) is 22.5. The van der Waals surface area contributed by atoms with Crippen LogP contribution in [0.25, 0.3) is 0 Å². The highest BCUT2D eigenvalue weighted by molar-refractivity contribution is 6.09. The molecule has 2 fully saturated rings. The third-order valence-electron chi connectivity index (χ3n) is 6.28. The highest BCUT2D eigenvalue weighted by atomic mass is 16.5. The molecule has 0 aromatic heterocycles. The van der Waals surface area contributed by atoms with Gasteiger partial charge < -0.3 is 14.9 Å². The molecule has 0 spiro atoms. The van der Waals surface area contributed by atoms with Gasteiger partial charge in [-0.15, -0.1) is 0 Å². The van der Waals surface area contributed by atoms with Crippen molar-refractivity contribution in [1.29, 1.82) is 0 Å². The van der Waals surface area contributed by atoms with E-state index >= 15 is 0 Å². The minimum Gasteiger partial charge on any atom is -0.508 e. The average Bonchev–Trinajstić information content (AvgIpc) is 3.24. The third kappa shape index (κ3) is 3.23. The number of esters is 1. The van der Waals surface area contributed by atoms with Crippen molar-refractivity contribution in [2.45, 2.75) is 24.9 Å². The number of aromatic hydroxyl groups is 2. The van der Waals surface area contributed by atoms with Crippen molar-refractivity contribution < 1.29 is 29.3 Å². The number of hydrogen-bond acceptors (Lipinski definition) is 7. The molecule has 2 aromatic rings. The molecule has 0 bridgehead atoms. The Bertz CT molecular complexity index is 1020. The van der Waals surface area contributed by atoms with E-state index in [0.29, 0.717) is 11.1 Å². The van der Waals surface area contributed by atoms with Crippen LogP contribution < -0.4 is 5.32 Å². The highest BCUT2D eigenvalue weighted by Gasteiger charge is 2.68. The first kappa shape index (κ1) is 20.9. The topological polar surface area (TPSA) is 116 Å². The SMILES string of the molecule is CCN1C(=O)[C@@H]2[C@@H](C1=O)[C@](Cc1ccc(O)cc1)(C(=O)OC)N[C@H]2c1ccc(O)cc1. The molecule has 4 rings (SSSR count). The van der Waals surface area contributed by atoms with E-state index in [9.17, 15) is 24.6 Å². The Labute approximate surface area is 179 Å². The lowest BCUT2D eigenvalue weighted by Gasteiger charge is -2.32. The zero-order chi connectivity index (χ0) is 22.3. The molecule has 162 valence electrons. The van der Waals surface area contributed by atoms with Gasteiger partial charge in [-0.1, -0.05) is 24.3 Å². The van der Waals surface area contributed by atoms with Crippen molar-refractivity contribution in [1.82, 2.24) is 10.2 Å². The maximum atomic E-state index is 13.3. The minimum atomic E-state index is -1.46. The smallest absolute Gasteiger partial charge is 0.327 e. The first-order valence-corrected chi connectivity index (χ1v) is 10.1. The van der Waals surface area contributed by atoms with Gasteiger partial charge in [-0.05, 0) is 42.3 Å². The van der Waals surface area contributed by atoms with E-state index in [1.165, 1.54) is 36.3 Å². The molecular weight excluding hydrogens is 400 g/mol. The monoisotopic (exact) mass is 424 g/mol. The van der Waals surface area contributed by atoms with E-state index in [1.54, 1.807) is 31.2 Å². The second-order valence-corrected chi connectivity index (χ2v) is 7.94.